The molecule has 176 valence electrons. The van der Waals surface area contributed by atoms with Gasteiger partial charge in [-0.2, -0.15) is 0 Å². The molecule has 0 fully saturated rings. The third-order valence-corrected chi connectivity index (χ3v) is 6.85. The van der Waals surface area contributed by atoms with Crippen LogP contribution in [0.4, 0.5) is 0 Å². The summed E-state index contributed by atoms with van der Waals surface area (Å²) in [6, 6.07) is 9.26. The maximum Gasteiger partial charge on any atom is 0.328 e. The molecule has 0 bridgehead atoms. The van der Waals surface area contributed by atoms with Crippen molar-refractivity contribution < 1.29 is 14.3 Å². The molecule has 3 heterocycles. The SMILES string of the molecule is COc1ccc(-c2nc(CCNC(=O)c3c[nH]c(=O)n(Cc4cccs4)c3=O)cs2)cc1OC. The van der Waals surface area contributed by atoms with Crippen LogP contribution in [0.25, 0.3) is 10.6 Å². The van der Waals surface area contributed by atoms with Gasteiger partial charge in [-0.05, 0) is 29.6 Å². The first-order valence-electron chi connectivity index (χ1n) is 10.3. The van der Waals surface area contributed by atoms with Crippen LogP contribution in [0.3, 0.4) is 0 Å². The molecule has 0 atom stereocenters. The van der Waals surface area contributed by atoms with Gasteiger partial charge in [0, 0.05) is 35.0 Å². The summed E-state index contributed by atoms with van der Waals surface area (Å²) in [6.07, 6.45) is 1.64. The van der Waals surface area contributed by atoms with Crippen LogP contribution in [-0.2, 0) is 13.0 Å². The third-order valence-electron chi connectivity index (χ3n) is 5.05. The number of thiazole rings is 1. The maximum absolute atomic E-state index is 12.7. The van der Waals surface area contributed by atoms with Crippen LogP contribution < -0.4 is 26.0 Å². The predicted octanol–water partition coefficient (Wildman–Crippen LogP) is 2.76. The van der Waals surface area contributed by atoms with Gasteiger partial charge >= 0.3 is 5.69 Å². The summed E-state index contributed by atoms with van der Waals surface area (Å²) in [4.78, 5) is 45.3. The Hall–Kier alpha value is -3.70. The molecule has 0 aliphatic carbocycles. The fourth-order valence-electron chi connectivity index (χ4n) is 3.30. The Kier molecular flexibility index (Phi) is 7.24. The van der Waals surface area contributed by atoms with Crippen LogP contribution in [0.15, 0.2) is 56.9 Å². The number of H-pyrrole nitrogens is 1. The first-order valence-corrected chi connectivity index (χ1v) is 12.1. The molecule has 1 amide bonds. The molecular weight excluding hydrogens is 476 g/mol. The lowest BCUT2D eigenvalue weighted by Gasteiger charge is -2.08. The molecule has 2 N–H and O–H groups in total. The average Bonchev–Trinajstić information content (AvgIpc) is 3.53. The zero-order chi connectivity index (χ0) is 24.1. The fourth-order valence-corrected chi connectivity index (χ4v) is 4.84. The van der Waals surface area contributed by atoms with E-state index in [1.165, 1.54) is 22.7 Å². The Bertz CT molecular complexity index is 1410. The number of aromatic amines is 1. The van der Waals surface area contributed by atoms with Gasteiger partial charge in [-0.1, -0.05) is 6.07 Å². The number of aromatic nitrogens is 3. The van der Waals surface area contributed by atoms with Gasteiger partial charge in [0.15, 0.2) is 11.5 Å². The van der Waals surface area contributed by atoms with Crippen LogP contribution in [-0.4, -0.2) is 41.2 Å². The predicted molar refractivity (Wildman–Crippen MR) is 131 cm³/mol. The Morgan fingerprint density at radius 1 is 1.15 bits per heavy atom. The van der Waals surface area contributed by atoms with Gasteiger partial charge in [0.2, 0.25) is 0 Å². The highest BCUT2D eigenvalue weighted by Gasteiger charge is 2.15. The molecule has 0 spiro atoms. The zero-order valence-electron chi connectivity index (χ0n) is 18.5. The van der Waals surface area contributed by atoms with Crippen molar-refractivity contribution >= 4 is 28.6 Å². The van der Waals surface area contributed by atoms with Gasteiger partial charge in [-0.3, -0.25) is 14.2 Å². The molecule has 3 aromatic heterocycles. The molecule has 11 heteroatoms. The van der Waals surface area contributed by atoms with E-state index in [0.717, 1.165) is 31.9 Å². The van der Waals surface area contributed by atoms with Crippen LogP contribution in [0.1, 0.15) is 20.9 Å². The number of carbonyl (C=O) groups is 1. The maximum atomic E-state index is 12.7. The van der Waals surface area contributed by atoms with Crippen molar-refractivity contribution in [2.24, 2.45) is 0 Å². The Morgan fingerprint density at radius 2 is 1.97 bits per heavy atom. The number of benzene rings is 1. The summed E-state index contributed by atoms with van der Waals surface area (Å²) >= 11 is 2.92. The number of methoxy groups -OCH3 is 2. The van der Waals surface area contributed by atoms with Crippen LogP contribution in [0.2, 0.25) is 0 Å². The number of carbonyl (C=O) groups excluding carboxylic acids is 1. The van der Waals surface area contributed by atoms with Crippen molar-refractivity contribution in [2.45, 2.75) is 13.0 Å². The van der Waals surface area contributed by atoms with Crippen molar-refractivity contribution in [2.75, 3.05) is 20.8 Å². The summed E-state index contributed by atoms with van der Waals surface area (Å²) in [7, 11) is 3.16. The van der Waals surface area contributed by atoms with E-state index in [-0.39, 0.29) is 18.7 Å². The summed E-state index contributed by atoms with van der Waals surface area (Å²) < 4.78 is 11.6. The van der Waals surface area contributed by atoms with E-state index in [1.807, 2.05) is 41.1 Å². The molecule has 0 aliphatic rings. The van der Waals surface area contributed by atoms with E-state index in [4.69, 9.17) is 9.47 Å². The third kappa shape index (κ3) is 5.10. The summed E-state index contributed by atoms with van der Waals surface area (Å²) in [5.74, 6) is 0.716. The topological polar surface area (TPSA) is 115 Å². The van der Waals surface area contributed by atoms with E-state index < -0.39 is 17.2 Å². The van der Waals surface area contributed by atoms with Gasteiger partial charge in [-0.15, -0.1) is 22.7 Å². The molecule has 0 saturated carbocycles. The number of thiophene rings is 1. The Morgan fingerprint density at radius 3 is 2.71 bits per heavy atom. The Balaban J connectivity index is 1.40. The molecule has 1 aromatic carbocycles. The molecule has 0 saturated heterocycles. The summed E-state index contributed by atoms with van der Waals surface area (Å²) in [6.45, 7) is 0.405. The van der Waals surface area contributed by atoms with E-state index in [0.29, 0.717) is 17.9 Å². The average molecular weight is 499 g/mol. The lowest BCUT2D eigenvalue weighted by Crippen LogP contribution is -2.41. The van der Waals surface area contributed by atoms with Gasteiger partial charge in [0.05, 0.1) is 26.5 Å². The van der Waals surface area contributed by atoms with E-state index in [2.05, 4.69) is 15.3 Å². The van der Waals surface area contributed by atoms with Gasteiger partial charge in [0.25, 0.3) is 11.5 Å². The fraction of sp³-hybridized carbons (Fsp3) is 0.217. The molecule has 0 aliphatic heterocycles. The standard InChI is InChI=1S/C23H22N4O5S2/c1-31-18-6-5-14(10-19(18)32-2)21-26-15(13-34-21)7-8-24-20(28)17-11-25-23(30)27(22(17)29)12-16-4-3-9-33-16/h3-6,9-11,13H,7-8,12H2,1-2H3,(H,24,28)(H,25,30). The highest BCUT2D eigenvalue weighted by Crippen LogP contribution is 2.33. The lowest BCUT2D eigenvalue weighted by atomic mass is 10.2. The normalized spacial score (nSPS) is 10.8. The molecule has 4 aromatic rings. The number of hydrogen-bond acceptors (Lipinski definition) is 8. The smallest absolute Gasteiger partial charge is 0.328 e. The second-order valence-electron chi connectivity index (χ2n) is 7.20. The van der Waals surface area contributed by atoms with Crippen molar-refractivity contribution in [1.29, 1.82) is 0 Å². The number of ether oxygens (including phenoxy) is 2. The zero-order valence-corrected chi connectivity index (χ0v) is 20.1. The minimum absolute atomic E-state index is 0.111. The first kappa shape index (κ1) is 23.5. The second-order valence-corrected chi connectivity index (χ2v) is 9.09. The van der Waals surface area contributed by atoms with Crippen molar-refractivity contribution in [3.05, 3.63) is 84.3 Å². The van der Waals surface area contributed by atoms with Gasteiger partial charge < -0.3 is 19.8 Å². The van der Waals surface area contributed by atoms with Crippen molar-refractivity contribution in [3.63, 3.8) is 0 Å². The van der Waals surface area contributed by atoms with Gasteiger partial charge in [-0.25, -0.2) is 9.78 Å². The van der Waals surface area contributed by atoms with Gasteiger partial charge in [0.1, 0.15) is 10.6 Å². The van der Waals surface area contributed by atoms with Crippen molar-refractivity contribution in [1.82, 2.24) is 19.9 Å². The van der Waals surface area contributed by atoms with Crippen LogP contribution in [0.5, 0.6) is 11.5 Å². The number of nitrogens with zero attached hydrogens (tertiary/aromatic N) is 2. The molecule has 4 rings (SSSR count). The lowest BCUT2D eigenvalue weighted by molar-refractivity contribution is 0.0951. The monoisotopic (exact) mass is 498 g/mol. The largest absolute Gasteiger partial charge is 0.493 e. The molecule has 9 nitrogen and oxygen atoms in total. The number of hydrogen-bond donors (Lipinski definition) is 2. The quantitative estimate of drug-likeness (QED) is 0.367. The number of rotatable bonds is 9. The Labute approximate surface area is 202 Å². The summed E-state index contributed by atoms with van der Waals surface area (Å²) in [5.41, 5.74) is 0.420. The number of amides is 1. The van der Waals surface area contributed by atoms with E-state index >= 15 is 0 Å². The minimum atomic E-state index is -0.626. The van der Waals surface area contributed by atoms with E-state index in [1.54, 1.807) is 14.2 Å². The summed E-state index contributed by atoms with van der Waals surface area (Å²) in [5, 5.41) is 7.34. The first-order chi connectivity index (χ1) is 16.5. The molecular formula is C23H22N4O5S2. The molecule has 0 unspecified atom stereocenters. The minimum Gasteiger partial charge on any atom is -0.493 e. The highest BCUT2D eigenvalue weighted by atomic mass is 32.1. The second kappa shape index (κ2) is 10.5. The van der Waals surface area contributed by atoms with Crippen molar-refractivity contribution in [3.8, 4) is 22.1 Å². The van der Waals surface area contributed by atoms with Crippen LogP contribution >= 0.6 is 22.7 Å². The molecule has 34 heavy (non-hydrogen) atoms. The highest BCUT2D eigenvalue weighted by molar-refractivity contribution is 7.13. The van der Waals surface area contributed by atoms with Crippen LogP contribution in [0, 0.1) is 0 Å². The van der Waals surface area contributed by atoms with E-state index in [9.17, 15) is 14.4 Å². The molecule has 0 radical (unpaired) electrons. The number of nitrogens with one attached hydrogen (secondary N) is 2.